The first-order chi connectivity index (χ1) is 10.2. The number of aromatic nitrogens is 1. The molecule has 0 spiro atoms. The Morgan fingerprint density at radius 1 is 1.38 bits per heavy atom. The van der Waals surface area contributed by atoms with Gasteiger partial charge in [0.2, 0.25) is 5.88 Å². The Balaban J connectivity index is 1.89. The van der Waals surface area contributed by atoms with Gasteiger partial charge >= 0.3 is 0 Å². The third-order valence-electron chi connectivity index (χ3n) is 3.13. The van der Waals surface area contributed by atoms with Gasteiger partial charge in [-0.25, -0.2) is 0 Å². The maximum atomic E-state index is 5.86. The number of nitrogen functional groups attached to an aromatic ring is 1. The number of ether oxygens (including phenoxy) is 1. The maximum Gasteiger partial charge on any atom is 0.239 e. The molecule has 0 saturated carbocycles. The Labute approximate surface area is 125 Å². The van der Waals surface area contributed by atoms with E-state index in [1.807, 2.05) is 24.3 Å². The summed E-state index contributed by atoms with van der Waals surface area (Å²) in [6.45, 7) is 4.79. The van der Waals surface area contributed by atoms with Gasteiger partial charge in [0.05, 0.1) is 18.6 Å². The van der Waals surface area contributed by atoms with Gasteiger partial charge in [-0.2, -0.15) is 4.98 Å². The van der Waals surface area contributed by atoms with Gasteiger partial charge in [0.1, 0.15) is 11.6 Å². The molecule has 3 N–H and O–H groups in total. The predicted octanol–water partition coefficient (Wildman–Crippen LogP) is 3.48. The van der Waals surface area contributed by atoms with Crippen LogP contribution in [0.1, 0.15) is 32.4 Å². The third kappa shape index (κ3) is 4.70. The Kier molecular flexibility index (Phi) is 5.49. The smallest absolute Gasteiger partial charge is 0.239 e. The monoisotopic (exact) mass is 289 g/mol. The van der Waals surface area contributed by atoms with Crippen molar-refractivity contribution >= 4 is 11.5 Å². The lowest BCUT2D eigenvalue weighted by Crippen LogP contribution is -2.17. The normalized spacial score (nSPS) is 12.1. The lowest BCUT2D eigenvalue weighted by molar-refractivity contribution is 0.307. The maximum absolute atomic E-state index is 5.86. The van der Waals surface area contributed by atoms with Crippen LogP contribution in [-0.4, -0.2) is 17.6 Å². The molecule has 1 unspecified atom stereocenters. The molecule has 21 heavy (non-hydrogen) atoms. The van der Waals surface area contributed by atoms with Crippen LogP contribution in [0.3, 0.4) is 0 Å². The number of pyridine rings is 1. The second-order valence-corrected chi connectivity index (χ2v) is 5.10. The van der Waals surface area contributed by atoms with Gasteiger partial charge in [-0.05, 0) is 44.0 Å². The molecule has 2 aromatic heterocycles. The Hall–Kier alpha value is -2.17. The highest BCUT2D eigenvalue weighted by Crippen LogP contribution is 2.21. The molecular weight excluding hydrogens is 266 g/mol. The van der Waals surface area contributed by atoms with Crippen molar-refractivity contribution in [2.24, 2.45) is 0 Å². The van der Waals surface area contributed by atoms with Crippen molar-refractivity contribution in [3.63, 3.8) is 0 Å². The van der Waals surface area contributed by atoms with Gasteiger partial charge in [-0.3, -0.25) is 0 Å². The molecule has 2 aromatic rings. The Morgan fingerprint density at radius 2 is 2.24 bits per heavy atom. The summed E-state index contributed by atoms with van der Waals surface area (Å²) < 4.78 is 10.9. The van der Waals surface area contributed by atoms with Crippen molar-refractivity contribution < 1.29 is 9.15 Å². The fourth-order valence-corrected chi connectivity index (χ4v) is 1.98. The number of rotatable bonds is 8. The van der Waals surface area contributed by atoms with Crippen LogP contribution in [0.15, 0.2) is 34.9 Å². The average molecular weight is 289 g/mol. The van der Waals surface area contributed by atoms with Gasteiger partial charge in [-0.1, -0.05) is 6.92 Å². The quantitative estimate of drug-likeness (QED) is 0.778. The largest absolute Gasteiger partial charge is 0.476 e. The number of hydrogen-bond acceptors (Lipinski definition) is 5. The van der Waals surface area contributed by atoms with Crippen molar-refractivity contribution in [3.8, 4) is 5.88 Å². The lowest BCUT2D eigenvalue weighted by Gasteiger charge is -2.15. The second kappa shape index (κ2) is 7.57. The number of hydrogen-bond donors (Lipinski definition) is 2. The summed E-state index contributed by atoms with van der Waals surface area (Å²) >= 11 is 0. The van der Waals surface area contributed by atoms with E-state index in [-0.39, 0.29) is 6.04 Å². The molecule has 2 heterocycles. The van der Waals surface area contributed by atoms with Gasteiger partial charge in [-0.15, -0.1) is 0 Å². The van der Waals surface area contributed by atoms with Crippen LogP contribution in [0.25, 0.3) is 0 Å². The third-order valence-corrected chi connectivity index (χ3v) is 3.13. The number of nitrogens with one attached hydrogen (secondary N) is 1. The average Bonchev–Trinajstić information content (AvgIpc) is 2.99. The summed E-state index contributed by atoms with van der Waals surface area (Å²) in [5.74, 6) is 2.28. The molecule has 0 saturated heterocycles. The highest BCUT2D eigenvalue weighted by atomic mass is 16.5. The van der Waals surface area contributed by atoms with Crippen molar-refractivity contribution in [2.75, 3.05) is 17.7 Å². The van der Waals surface area contributed by atoms with Crippen LogP contribution < -0.4 is 15.8 Å². The van der Waals surface area contributed by atoms with Crippen LogP contribution in [0, 0.1) is 0 Å². The molecular formula is C16H23N3O2. The summed E-state index contributed by atoms with van der Waals surface area (Å²) in [7, 11) is 0. The van der Waals surface area contributed by atoms with E-state index in [0.717, 1.165) is 30.8 Å². The van der Waals surface area contributed by atoms with Gasteiger partial charge < -0.3 is 20.2 Å². The standard InChI is InChI=1S/C16H23N3O2/c1-3-10-21-16-14(17)8-9-15(19-16)18-12(2)6-7-13-5-4-11-20-13/h4-5,8-9,11-12H,3,6-7,10,17H2,1-2H3,(H,18,19). The summed E-state index contributed by atoms with van der Waals surface area (Å²) in [6, 6.07) is 7.87. The molecule has 0 aliphatic heterocycles. The van der Waals surface area contributed by atoms with E-state index in [1.54, 1.807) is 6.26 Å². The first-order valence-corrected chi connectivity index (χ1v) is 7.37. The molecule has 114 valence electrons. The van der Waals surface area contributed by atoms with E-state index < -0.39 is 0 Å². The molecule has 0 aliphatic carbocycles. The molecule has 2 rings (SSSR count). The molecule has 0 aromatic carbocycles. The zero-order valence-electron chi connectivity index (χ0n) is 12.6. The highest BCUT2D eigenvalue weighted by Gasteiger charge is 2.08. The van der Waals surface area contributed by atoms with Crippen LogP contribution in [-0.2, 0) is 6.42 Å². The van der Waals surface area contributed by atoms with Crippen molar-refractivity contribution in [3.05, 3.63) is 36.3 Å². The van der Waals surface area contributed by atoms with Gasteiger partial charge in [0, 0.05) is 12.5 Å². The first-order valence-electron chi connectivity index (χ1n) is 7.37. The topological polar surface area (TPSA) is 73.3 Å². The van der Waals surface area contributed by atoms with Crippen molar-refractivity contribution in [1.29, 1.82) is 0 Å². The van der Waals surface area contributed by atoms with Crippen molar-refractivity contribution in [2.45, 2.75) is 39.2 Å². The number of nitrogens with zero attached hydrogens (tertiary/aromatic N) is 1. The van der Waals surface area contributed by atoms with E-state index in [9.17, 15) is 0 Å². The zero-order valence-corrected chi connectivity index (χ0v) is 12.6. The summed E-state index contributed by atoms with van der Waals surface area (Å²) in [5, 5.41) is 3.36. The van der Waals surface area contributed by atoms with E-state index >= 15 is 0 Å². The molecule has 0 amide bonds. The molecule has 5 heteroatoms. The highest BCUT2D eigenvalue weighted by molar-refractivity contribution is 5.53. The van der Waals surface area contributed by atoms with E-state index in [2.05, 4.69) is 24.1 Å². The summed E-state index contributed by atoms with van der Waals surface area (Å²) in [4.78, 5) is 4.41. The van der Waals surface area contributed by atoms with Crippen LogP contribution in [0.5, 0.6) is 5.88 Å². The number of anilines is 2. The zero-order chi connectivity index (χ0) is 15.1. The minimum absolute atomic E-state index is 0.283. The second-order valence-electron chi connectivity index (χ2n) is 5.10. The molecule has 1 atom stereocenters. The number of aryl methyl sites for hydroxylation is 1. The molecule has 0 radical (unpaired) electrons. The minimum atomic E-state index is 0.283. The number of nitrogens with two attached hydrogens (primary N) is 1. The first kappa shape index (κ1) is 15.2. The van der Waals surface area contributed by atoms with Crippen molar-refractivity contribution in [1.82, 2.24) is 4.98 Å². The lowest BCUT2D eigenvalue weighted by atomic mass is 10.1. The van der Waals surface area contributed by atoms with E-state index in [4.69, 9.17) is 14.9 Å². The van der Waals surface area contributed by atoms with E-state index in [0.29, 0.717) is 18.2 Å². The van der Waals surface area contributed by atoms with Crippen LogP contribution >= 0.6 is 0 Å². The molecule has 5 nitrogen and oxygen atoms in total. The summed E-state index contributed by atoms with van der Waals surface area (Å²) in [6.07, 6.45) is 4.49. The Morgan fingerprint density at radius 3 is 2.95 bits per heavy atom. The SMILES string of the molecule is CCCOc1nc(NC(C)CCc2ccco2)ccc1N. The Bertz CT molecular complexity index is 540. The van der Waals surface area contributed by atoms with Crippen LogP contribution in [0.4, 0.5) is 11.5 Å². The summed E-state index contributed by atoms with van der Waals surface area (Å²) in [5.41, 5.74) is 6.42. The minimum Gasteiger partial charge on any atom is -0.476 e. The molecule has 0 bridgehead atoms. The molecule has 0 aliphatic rings. The fraction of sp³-hybridized carbons (Fsp3) is 0.438. The van der Waals surface area contributed by atoms with Crippen LogP contribution in [0.2, 0.25) is 0 Å². The van der Waals surface area contributed by atoms with Gasteiger partial charge in [0.15, 0.2) is 0 Å². The van der Waals surface area contributed by atoms with E-state index in [1.165, 1.54) is 0 Å². The molecule has 0 fully saturated rings. The predicted molar refractivity (Wildman–Crippen MR) is 84.5 cm³/mol. The van der Waals surface area contributed by atoms with Gasteiger partial charge in [0.25, 0.3) is 0 Å². The number of furan rings is 1. The fourth-order valence-electron chi connectivity index (χ4n) is 1.98.